The lowest BCUT2D eigenvalue weighted by Gasteiger charge is -1.98. The van der Waals surface area contributed by atoms with E-state index in [4.69, 9.17) is 4.74 Å². The first-order chi connectivity index (χ1) is 6.90. The van der Waals surface area contributed by atoms with Gasteiger partial charge in [0.1, 0.15) is 0 Å². The summed E-state index contributed by atoms with van der Waals surface area (Å²) in [6.07, 6.45) is 3.56. The predicted octanol–water partition coefficient (Wildman–Crippen LogP) is 1.67. The number of hydrogen-bond acceptors (Lipinski definition) is 3. The van der Waals surface area contributed by atoms with E-state index in [1.54, 1.807) is 10.9 Å². The Balaban J connectivity index is 2.25. The summed E-state index contributed by atoms with van der Waals surface area (Å²) in [4.78, 5) is 4.17. The molecule has 0 aliphatic carbocycles. The van der Waals surface area contributed by atoms with Crippen LogP contribution >= 0.6 is 0 Å². The molecular formula is C10H11N3O. The zero-order valence-electron chi connectivity index (χ0n) is 7.92. The molecule has 2 aromatic heterocycles. The molecular weight excluding hydrogens is 178 g/mol. The molecule has 0 saturated heterocycles. The van der Waals surface area contributed by atoms with Gasteiger partial charge in [0.15, 0.2) is 5.82 Å². The average Bonchev–Trinajstić information content (AvgIpc) is 2.68. The highest BCUT2D eigenvalue weighted by molar-refractivity contribution is 5.22. The van der Waals surface area contributed by atoms with Crippen molar-refractivity contribution in [2.45, 2.75) is 6.92 Å². The van der Waals surface area contributed by atoms with E-state index in [9.17, 15) is 0 Å². The zero-order valence-corrected chi connectivity index (χ0v) is 7.92. The van der Waals surface area contributed by atoms with Crippen LogP contribution in [0, 0.1) is 0 Å². The molecule has 2 rings (SSSR count). The number of aromatic nitrogens is 3. The summed E-state index contributed by atoms with van der Waals surface area (Å²) in [6.45, 7) is 2.55. The summed E-state index contributed by atoms with van der Waals surface area (Å²) in [5.74, 6) is 1.41. The zero-order chi connectivity index (χ0) is 9.80. The predicted molar refractivity (Wildman–Crippen MR) is 52.5 cm³/mol. The number of hydrogen-bond donors (Lipinski definition) is 0. The lowest BCUT2D eigenvalue weighted by atomic mass is 10.5. The Bertz CT molecular complexity index is 397. The van der Waals surface area contributed by atoms with E-state index in [-0.39, 0.29) is 0 Å². The van der Waals surface area contributed by atoms with Gasteiger partial charge in [0.25, 0.3) is 0 Å². The number of nitrogens with zero attached hydrogens (tertiary/aromatic N) is 3. The second-order valence-corrected chi connectivity index (χ2v) is 2.72. The van der Waals surface area contributed by atoms with Gasteiger partial charge in [0.05, 0.1) is 6.61 Å². The third-order valence-corrected chi connectivity index (χ3v) is 1.74. The number of rotatable bonds is 3. The van der Waals surface area contributed by atoms with E-state index in [1.165, 1.54) is 0 Å². The minimum absolute atomic E-state index is 0.623. The third kappa shape index (κ3) is 1.74. The quantitative estimate of drug-likeness (QED) is 0.737. The van der Waals surface area contributed by atoms with E-state index in [0.29, 0.717) is 12.5 Å². The van der Waals surface area contributed by atoms with E-state index in [2.05, 4.69) is 10.1 Å². The molecule has 0 fully saturated rings. The molecule has 14 heavy (non-hydrogen) atoms. The summed E-state index contributed by atoms with van der Waals surface area (Å²) in [5.41, 5.74) is 0. The van der Waals surface area contributed by atoms with Crippen LogP contribution in [0.1, 0.15) is 6.92 Å². The Morgan fingerprint density at radius 2 is 2.29 bits per heavy atom. The summed E-state index contributed by atoms with van der Waals surface area (Å²) < 4.78 is 6.93. The third-order valence-electron chi connectivity index (χ3n) is 1.74. The molecule has 0 bridgehead atoms. The van der Waals surface area contributed by atoms with Gasteiger partial charge in [-0.3, -0.25) is 0 Å². The largest absolute Gasteiger partial charge is 0.477 e. The van der Waals surface area contributed by atoms with Crippen LogP contribution in [-0.4, -0.2) is 21.4 Å². The van der Waals surface area contributed by atoms with Crippen LogP contribution in [-0.2, 0) is 0 Å². The molecule has 2 aromatic rings. The van der Waals surface area contributed by atoms with Gasteiger partial charge >= 0.3 is 0 Å². The van der Waals surface area contributed by atoms with E-state index in [0.717, 1.165) is 5.82 Å². The van der Waals surface area contributed by atoms with Crippen molar-refractivity contribution in [2.24, 2.45) is 0 Å². The van der Waals surface area contributed by atoms with E-state index < -0.39 is 0 Å². The van der Waals surface area contributed by atoms with Crippen molar-refractivity contribution in [2.75, 3.05) is 6.61 Å². The van der Waals surface area contributed by atoms with Crippen molar-refractivity contribution in [3.05, 3.63) is 36.7 Å². The Labute approximate surface area is 82.2 Å². The molecule has 0 aromatic carbocycles. The Morgan fingerprint density at radius 3 is 3.00 bits per heavy atom. The Hall–Kier alpha value is -1.84. The van der Waals surface area contributed by atoms with Crippen LogP contribution in [0.3, 0.4) is 0 Å². The molecule has 2 heterocycles. The van der Waals surface area contributed by atoms with Crippen molar-refractivity contribution in [1.29, 1.82) is 0 Å². The van der Waals surface area contributed by atoms with Crippen LogP contribution in [0.4, 0.5) is 0 Å². The average molecular weight is 189 g/mol. The van der Waals surface area contributed by atoms with Crippen molar-refractivity contribution in [3.63, 3.8) is 0 Å². The van der Waals surface area contributed by atoms with E-state index in [1.807, 2.05) is 37.4 Å². The summed E-state index contributed by atoms with van der Waals surface area (Å²) in [5, 5.41) is 4.20. The van der Waals surface area contributed by atoms with Crippen LogP contribution in [0.25, 0.3) is 5.82 Å². The topological polar surface area (TPSA) is 39.9 Å². The molecule has 4 nitrogen and oxygen atoms in total. The van der Waals surface area contributed by atoms with E-state index >= 15 is 0 Å². The van der Waals surface area contributed by atoms with Gasteiger partial charge in [-0.2, -0.15) is 0 Å². The number of ether oxygens (including phenoxy) is 1. The van der Waals surface area contributed by atoms with Crippen molar-refractivity contribution in [3.8, 4) is 11.7 Å². The van der Waals surface area contributed by atoms with Gasteiger partial charge in [-0.25, -0.2) is 9.67 Å². The second-order valence-electron chi connectivity index (χ2n) is 2.72. The summed E-state index contributed by atoms with van der Waals surface area (Å²) in [6, 6.07) is 7.50. The monoisotopic (exact) mass is 189 g/mol. The van der Waals surface area contributed by atoms with Gasteiger partial charge in [-0.05, 0) is 19.1 Å². The SMILES string of the molecule is CCOc1ccn(-c2ccccn2)n1. The van der Waals surface area contributed by atoms with Crippen molar-refractivity contribution in [1.82, 2.24) is 14.8 Å². The molecule has 72 valence electrons. The number of pyridine rings is 1. The summed E-state index contributed by atoms with van der Waals surface area (Å²) >= 11 is 0. The van der Waals surface area contributed by atoms with Gasteiger partial charge in [-0.15, -0.1) is 5.10 Å². The highest BCUT2D eigenvalue weighted by atomic mass is 16.5. The molecule has 0 unspecified atom stereocenters. The Morgan fingerprint density at radius 1 is 1.36 bits per heavy atom. The molecule has 0 N–H and O–H groups in total. The van der Waals surface area contributed by atoms with Crippen LogP contribution in [0.15, 0.2) is 36.7 Å². The first-order valence-electron chi connectivity index (χ1n) is 4.50. The summed E-state index contributed by atoms with van der Waals surface area (Å²) in [7, 11) is 0. The normalized spacial score (nSPS) is 10.1. The maximum Gasteiger partial charge on any atom is 0.233 e. The maximum atomic E-state index is 5.25. The molecule has 0 atom stereocenters. The van der Waals surface area contributed by atoms with Crippen LogP contribution in [0.2, 0.25) is 0 Å². The fourth-order valence-electron chi connectivity index (χ4n) is 1.15. The van der Waals surface area contributed by atoms with Crippen LogP contribution < -0.4 is 4.74 Å². The van der Waals surface area contributed by atoms with Gasteiger partial charge < -0.3 is 4.74 Å². The molecule has 0 saturated carbocycles. The molecule has 0 aliphatic rings. The molecule has 0 spiro atoms. The van der Waals surface area contributed by atoms with Crippen LogP contribution in [0.5, 0.6) is 5.88 Å². The van der Waals surface area contributed by atoms with Gasteiger partial charge in [0, 0.05) is 18.5 Å². The first kappa shape index (κ1) is 8.74. The Kier molecular flexibility index (Phi) is 2.44. The van der Waals surface area contributed by atoms with Crippen molar-refractivity contribution >= 4 is 0 Å². The fraction of sp³-hybridized carbons (Fsp3) is 0.200. The van der Waals surface area contributed by atoms with Gasteiger partial charge in [-0.1, -0.05) is 6.07 Å². The standard InChI is InChI=1S/C10H11N3O/c1-2-14-10-6-8-13(12-10)9-5-3-4-7-11-9/h3-8H,2H2,1H3. The van der Waals surface area contributed by atoms with Gasteiger partial charge in [0.2, 0.25) is 5.88 Å². The molecule has 0 amide bonds. The highest BCUT2D eigenvalue weighted by Crippen LogP contribution is 2.09. The second kappa shape index (κ2) is 3.91. The smallest absolute Gasteiger partial charge is 0.233 e. The minimum Gasteiger partial charge on any atom is -0.477 e. The first-order valence-corrected chi connectivity index (χ1v) is 4.50. The lowest BCUT2D eigenvalue weighted by molar-refractivity contribution is 0.324. The molecule has 0 radical (unpaired) electrons. The maximum absolute atomic E-state index is 5.25. The molecule has 0 aliphatic heterocycles. The van der Waals surface area contributed by atoms with Crippen molar-refractivity contribution < 1.29 is 4.74 Å². The fourth-order valence-corrected chi connectivity index (χ4v) is 1.15. The minimum atomic E-state index is 0.623. The lowest BCUT2D eigenvalue weighted by Crippen LogP contribution is -1.98. The molecule has 4 heteroatoms. The highest BCUT2D eigenvalue weighted by Gasteiger charge is 2.00.